The predicted molar refractivity (Wildman–Crippen MR) is 70.0 cm³/mol. The number of hydrogen-bond acceptors (Lipinski definition) is 2. The van der Waals surface area contributed by atoms with Gasteiger partial charge in [0, 0.05) is 12.8 Å². The van der Waals surface area contributed by atoms with Gasteiger partial charge in [-0.05, 0) is 32.1 Å². The highest BCUT2D eigenvalue weighted by Gasteiger charge is 2.39. The smallest absolute Gasteiger partial charge is 0.168 e. The Kier molecular flexibility index (Phi) is 5.30. The molecular weight excluding hydrogens is 212 g/mol. The van der Waals surface area contributed by atoms with Gasteiger partial charge in [0.15, 0.2) is 5.79 Å². The lowest BCUT2D eigenvalue weighted by atomic mass is 9.93. The third kappa shape index (κ3) is 3.96. The molecule has 0 bridgehead atoms. The van der Waals surface area contributed by atoms with Gasteiger partial charge >= 0.3 is 0 Å². The molecule has 0 amide bonds. The molecule has 2 rings (SSSR count). The Labute approximate surface area is 106 Å². The summed E-state index contributed by atoms with van der Waals surface area (Å²) in [6, 6.07) is 0. The van der Waals surface area contributed by atoms with Crippen LogP contribution in [-0.2, 0) is 9.47 Å². The van der Waals surface area contributed by atoms with Crippen LogP contribution in [0.2, 0.25) is 0 Å². The molecule has 2 saturated heterocycles. The Balaban J connectivity index is 1.72. The maximum absolute atomic E-state index is 6.27. The van der Waals surface area contributed by atoms with E-state index in [1.54, 1.807) is 0 Å². The van der Waals surface area contributed by atoms with E-state index in [0.29, 0.717) is 6.10 Å². The summed E-state index contributed by atoms with van der Waals surface area (Å²) in [7, 11) is 0. The molecule has 0 unspecified atom stereocenters. The Morgan fingerprint density at radius 2 is 1.94 bits per heavy atom. The predicted octanol–water partition coefficient (Wildman–Crippen LogP) is 4.42. The molecule has 0 saturated carbocycles. The lowest BCUT2D eigenvalue weighted by Gasteiger charge is -2.43. The van der Waals surface area contributed by atoms with E-state index < -0.39 is 0 Å². The van der Waals surface area contributed by atoms with Gasteiger partial charge in [-0.3, -0.25) is 0 Å². The minimum Gasteiger partial charge on any atom is -0.350 e. The molecule has 2 aliphatic heterocycles. The summed E-state index contributed by atoms with van der Waals surface area (Å²) >= 11 is 0. The van der Waals surface area contributed by atoms with Crippen LogP contribution in [0.3, 0.4) is 0 Å². The molecule has 100 valence electrons. The molecule has 0 radical (unpaired) electrons. The minimum absolute atomic E-state index is 0.175. The van der Waals surface area contributed by atoms with Crippen LogP contribution in [0.1, 0.15) is 77.6 Å². The largest absolute Gasteiger partial charge is 0.350 e. The highest BCUT2D eigenvalue weighted by atomic mass is 16.7. The second-order valence-corrected chi connectivity index (χ2v) is 5.70. The molecule has 1 spiro atoms. The Bertz CT molecular complexity index is 203. The van der Waals surface area contributed by atoms with Crippen molar-refractivity contribution in [3.8, 4) is 0 Å². The van der Waals surface area contributed by atoms with Gasteiger partial charge in [0.05, 0.1) is 12.7 Å². The fraction of sp³-hybridized carbons (Fsp3) is 1.00. The molecule has 2 fully saturated rings. The molecule has 17 heavy (non-hydrogen) atoms. The lowest BCUT2D eigenvalue weighted by molar-refractivity contribution is -0.295. The highest BCUT2D eigenvalue weighted by molar-refractivity contribution is 4.81. The first-order chi connectivity index (χ1) is 8.35. The van der Waals surface area contributed by atoms with Crippen LogP contribution in [-0.4, -0.2) is 18.5 Å². The average molecular weight is 240 g/mol. The van der Waals surface area contributed by atoms with Crippen LogP contribution in [0.15, 0.2) is 0 Å². The van der Waals surface area contributed by atoms with Crippen molar-refractivity contribution in [1.29, 1.82) is 0 Å². The van der Waals surface area contributed by atoms with E-state index in [1.807, 2.05) is 0 Å². The average Bonchev–Trinajstić information content (AvgIpc) is 2.36. The van der Waals surface area contributed by atoms with Gasteiger partial charge in [-0.25, -0.2) is 0 Å². The summed E-state index contributed by atoms with van der Waals surface area (Å²) in [5.74, 6) is -0.175. The Morgan fingerprint density at radius 3 is 2.71 bits per heavy atom. The maximum Gasteiger partial charge on any atom is 0.168 e. The van der Waals surface area contributed by atoms with Crippen molar-refractivity contribution in [1.82, 2.24) is 0 Å². The molecule has 2 aliphatic rings. The summed E-state index contributed by atoms with van der Waals surface area (Å²) in [6.45, 7) is 3.17. The van der Waals surface area contributed by atoms with Gasteiger partial charge in [0.1, 0.15) is 0 Å². The summed E-state index contributed by atoms with van der Waals surface area (Å²) in [5, 5.41) is 0. The summed E-state index contributed by atoms with van der Waals surface area (Å²) in [6.07, 6.45) is 14.4. The number of rotatable bonds is 5. The molecule has 0 N–H and O–H groups in total. The van der Waals surface area contributed by atoms with Crippen LogP contribution >= 0.6 is 0 Å². The van der Waals surface area contributed by atoms with E-state index in [0.717, 1.165) is 19.4 Å². The van der Waals surface area contributed by atoms with Crippen molar-refractivity contribution in [3.63, 3.8) is 0 Å². The van der Waals surface area contributed by atoms with Gasteiger partial charge in [-0.1, -0.05) is 32.6 Å². The second kappa shape index (κ2) is 6.75. The zero-order chi connectivity index (χ0) is 12.0. The first-order valence-electron chi connectivity index (χ1n) is 7.66. The van der Waals surface area contributed by atoms with Crippen LogP contribution in [0.5, 0.6) is 0 Å². The van der Waals surface area contributed by atoms with Crippen LogP contribution in [0.4, 0.5) is 0 Å². The summed E-state index contributed by atoms with van der Waals surface area (Å²) in [5.41, 5.74) is 0. The highest BCUT2D eigenvalue weighted by Crippen LogP contribution is 2.38. The molecule has 0 aromatic heterocycles. The van der Waals surface area contributed by atoms with Crippen molar-refractivity contribution in [2.75, 3.05) is 6.61 Å². The minimum atomic E-state index is -0.175. The van der Waals surface area contributed by atoms with Gasteiger partial charge in [0.25, 0.3) is 0 Å². The SMILES string of the molecule is CCCCCC[C@H]1CCC[C@@]2(CCCCO2)O1. The molecule has 2 heterocycles. The van der Waals surface area contributed by atoms with Crippen LogP contribution < -0.4 is 0 Å². The molecule has 0 aromatic rings. The Morgan fingerprint density at radius 1 is 1.06 bits per heavy atom. The van der Waals surface area contributed by atoms with E-state index in [9.17, 15) is 0 Å². The van der Waals surface area contributed by atoms with Crippen molar-refractivity contribution in [2.45, 2.75) is 89.4 Å². The van der Waals surface area contributed by atoms with Gasteiger partial charge < -0.3 is 9.47 Å². The van der Waals surface area contributed by atoms with Crippen molar-refractivity contribution >= 4 is 0 Å². The van der Waals surface area contributed by atoms with Crippen LogP contribution in [0, 0.1) is 0 Å². The van der Waals surface area contributed by atoms with E-state index >= 15 is 0 Å². The monoisotopic (exact) mass is 240 g/mol. The molecule has 2 atom stereocenters. The van der Waals surface area contributed by atoms with Gasteiger partial charge in [-0.15, -0.1) is 0 Å². The first kappa shape index (κ1) is 13.4. The molecule has 0 aliphatic carbocycles. The van der Waals surface area contributed by atoms with E-state index in [1.165, 1.54) is 57.8 Å². The van der Waals surface area contributed by atoms with Crippen molar-refractivity contribution < 1.29 is 9.47 Å². The Hall–Kier alpha value is -0.0800. The standard InChI is InChI=1S/C15H28O2/c1-2-3-4-5-9-14-10-8-12-15(17-14)11-6-7-13-16-15/h14H,2-13H2,1H3/t14-,15+/m0/s1. The maximum atomic E-state index is 6.27. The third-order valence-corrected chi connectivity index (χ3v) is 4.16. The zero-order valence-corrected chi connectivity index (χ0v) is 11.4. The van der Waals surface area contributed by atoms with E-state index in [4.69, 9.17) is 9.47 Å². The first-order valence-corrected chi connectivity index (χ1v) is 7.66. The lowest BCUT2D eigenvalue weighted by Crippen LogP contribution is -2.45. The summed E-state index contributed by atoms with van der Waals surface area (Å²) < 4.78 is 12.2. The fourth-order valence-corrected chi connectivity index (χ4v) is 3.14. The summed E-state index contributed by atoms with van der Waals surface area (Å²) in [4.78, 5) is 0. The molecular formula is C15H28O2. The van der Waals surface area contributed by atoms with Gasteiger partial charge in [0.2, 0.25) is 0 Å². The number of unbranched alkanes of at least 4 members (excludes halogenated alkanes) is 3. The van der Waals surface area contributed by atoms with E-state index in [2.05, 4.69) is 6.92 Å². The quantitative estimate of drug-likeness (QED) is 0.662. The van der Waals surface area contributed by atoms with Gasteiger partial charge in [-0.2, -0.15) is 0 Å². The topological polar surface area (TPSA) is 18.5 Å². The normalized spacial score (nSPS) is 34.1. The zero-order valence-electron chi connectivity index (χ0n) is 11.4. The van der Waals surface area contributed by atoms with Crippen molar-refractivity contribution in [2.24, 2.45) is 0 Å². The number of ether oxygens (including phenoxy) is 2. The van der Waals surface area contributed by atoms with Crippen molar-refractivity contribution in [3.05, 3.63) is 0 Å². The molecule has 0 aromatic carbocycles. The number of hydrogen-bond donors (Lipinski definition) is 0. The molecule has 2 nitrogen and oxygen atoms in total. The van der Waals surface area contributed by atoms with Crippen LogP contribution in [0.25, 0.3) is 0 Å². The third-order valence-electron chi connectivity index (χ3n) is 4.16. The van der Waals surface area contributed by atoms with E-state index in [-0.39, 0.29) is 5.79 Å². The molecule has 2 heteroatoms. The fourth-order valence-electron chi connectivity index (χ4n) is 3.14. The second-order valence-electron chi connectivity index (χ2n) is 5.70.